The van der Waals surface area contributed by atoms with Crippen LogP contribution >= 0.6 is 0 Å². The van der Waals surface area contributed by atoms with Gasteiger partial charge in [-0.05, 0) is 30.3 Å². The van der Waals surface area contributed by atoms with Crippen LogP contribution in [0.1, 0.15) is 15.9 Å². The highest BCUT2D eigenvalue weighted by Crippen LogP contribution is 2.35. The molecule has 8 heteroatoms. The summed E-state index contributed by atoms with van der Waals surface area (Å²) in [4.78, 5) is 16.5. The van der Waals surface area contributed by atoms with Gasteiger partial charge in [0.25, 0.3) is 5.91 Å². The Hall–Kier alpha value is -2.90. The number of benzene rings is 2. The summed E-state index contributed by atoms with van der Waals surface area (Å²) in [6.45, 7) is 0.673. The number of halogens is 4. The number of hydrogen-bond donors (Lipinski definition) is 1. The fourth-order valence-corrected chi connectivity index (χ4v) is 3.06. The number of hydrogen-bond acceptors (Lipinski definition) is 2. The molecule has 1 aliphatic heterocycles. The van der Waals surface area contributed by atoms with Crippen molar-refractivity contribution < 1.29 is 22.4 Å². The van der Waals surface area contributed by atoms with Crippen LogP contribution in [0.15, 0.2) is 36.4 Å². The van der Waals surface area contributed by atoms with Gasteiger partial charge in [-0.15, -0.1) is 0 Å². The molecular weight excluding hydrogens is 338 g/mol. The van der Waals surface area contributed by atoms with Crippen molar-refractivity contribution in [3.05, 3.63) is 53.3 Å². The highest BCUT2D eigenvalue weighted by molar-refractivity contribution is 6.06. The molecule has 2 aromatic carbocycles. The van der Waals surface area contributed by atoms with E-state index in [1.807, 2.05) is 0 Å². The van der Waals surface area contributed by atoms with Crippen molar-refractivity contribution in [1.82, 2.24) is 14.9 Å². The van der Waals surface area contributed by atoms with Crippen molar-refractivity contribution in [2.24, 2.45) is 0 Å². The molecular formula is C17H11F4N3O. The maximum Gasteiger partial charge on any atom is 0.419 e. The largest absolute Gasteiger partial charge is 0.419 e. The quantitative estimate of drug-likeness (QED) is 0.683. The number of rotatable bonds is 1. The number of nitrogens with zero attached hydrogens (tertiary/aromatic N) is 2. The Morgan fingerprint density at radius 3 is 2.72 bits per heavy atom. The number of carbonyl (C=O) groups excluding carboxylic acids is 1. The van der Waals surface area contributed by atoms with Crippen molar-refractivity contribution in [3.63, 3.8) is 0 Å². The van der Waals surface area contributed by atoms with Gasteiger partial charge in [0.2, 0.25) is 0 Å². The minimum absolute atomic E-state index is 0.144. The zero-order valence-electron chi connectivity index (χ0n) is 12.7. The minimum Gasteiger partial charge on any atom is -0.350 e. The number of carbonyl (C=O) groups is 1. The summed E-state index contributed by atoms with van der Waals surface area (Å²) in [5.74, 6) is -1.32. The molecule has 3 aromatic rings. The molecule has 1 amide bonds. The molecule has 4 nitrogen and oxygen atoms in total. The summed E-state index contributed by atoms with van der Waals surface area (Å²) in [7, 11) is 0. The number of alkyl halides is 3. The van der Waals surface area contributed by atoms with Crippen LogP contribution in [-0.4, -0.2) is 22.0 Å². The molecule has 4 rings (SSSR count). The van der Waals surface area contributed by atoms with Crippen LogP contribution in [0.2, 0.25) is 0 Å². The SMILES string of the molecule is O=C1NCCn2c(-c3ccc(F)c(C(F)(F)F)c3)nc3cccc1c32. The van der Waals surface area contributed by atoms with Gasteiger partial charge in [-0.3, -0.25) is 4.79 Å². The van der Waals surface area contributed by atoms with Crippen molar-refractivity contribution in [1.29, 1.82) is 0 Å². The number of amides is 1. The Balaban J connectivity index is 1.98. The second-order valence-corrected chi connectivity index (χ2v) is 5.71. The average Bonchev–Trinajstić information content (AvgIpc) is 2.83. The molecule has 128 valence electrons. The first-order valence-electron chi connectivity index (χ1n) is 7.51. The van der Waals surface area contributed by atoms with Gasteiger partial charge in [0.15, 0.2) is 0 Å². The van der Waals surface area contributed by atoms with Gasteiger partial charge in [0.05, 0.1) is 22.2 Å². The summed E-state index contributed by atoms with van der Waals surface area (Å²) in [6.07, 6.45) is -4.80. The smallest absolute Gasteiger partial charge is 0.350 e. The van der Waals surface area contributed by atoms with Crippen molar-refractivity contribution in [3.8, 4) is 11.4 Å². The summed E-state index contributed by atoms with van der Waals surface area (Å²) >= 11 is 0. The molecule has 0 aliphatic carbocycles. The first kappa shape index (κ1) is 15.6. The van der Waals surface area contributed by atoms with E-state index in [1.54, 1.807) is 22.8 Å². The molecule has 0 bridgehead atoms. The fourth-order valence-electron chi connectivity index (χ4n) is 3.06. The molecule has 0 atom stereocenters. The maximum atomic E-state index is 13.6. The van der Waals surface area contributed by atoms with E-state index in [0.29, 0.717) is 29.7 Å². The second-order valence-electron chi connectivity index (χ2n) is 5.71. The zero-order valence-corrected chi connectivity index (χ0v) is 12.7. The lowest BCUT2D eigenvalue weighted by molar-refractivity contribution is -0.139. The van der Waals surface area contributed by atoms with Crippen LogP contribution in [0.3, 0.4) is 0 Å². The lowest BCUT2D eigenvalue weighted by Crippen LogP contribution is -2.24. The van der Waals surface area contributed by atoms with Crippen LogP contribution in [-0.2, 0) is 12.7 Å². The third kappa shape index (κ3) is 2.45. The van der Waals surface area contributed by atoms with Crippen LogP contribution < -0.4 is 5.32 Å². The molecule has 0 saturated carbocycles. The maximum absolute atomic E-state index is 13.6. The molecule has 1 aromatic heterocycles. The van der Waals surface area contributed by atoms with E-state index in [9.17, 15) is 22.4 Å². The number of nitrogens with one attached hydrogen (secondary N) is 1. The van der Waals surface area contributed by atoms with E-state index in [1.165, 1.54) is 6.07 Å². The third-order valence-corrected chi connectivity index (χ3v) is 4.16. The molecule has 1 aliphatic rings. The van der Waals surface area contributed by atoms with Crippen molar-refractivity contribution in [2.45, 2.75) is 12.7 Å². The van der Waals surface area contributed by atoms with Gasteiger partial charge >= 0.3 is 6.18 Å². The zero-order chi connectivity index (χ0) is 17.8. The third-order valence-electron chi connectivity index (χ3n) is 4.16. The van der Waals surface area contributed by atoms with E-state index < -0.39 is 17.6 Å². The second kappa shape index (κ2) is 5.30. The van der Waals surface area contributed by atoms with Gasteiger partial charge < -0.3 is 9.88 Å². The number of aromatic nitrogens is 2. The molecule has 1 N–H and O–H groups in total. The molecule has 25 heavy (non-hydrogen) atoms. The number of para-hydroxylation sites is 1. The van der Waals surface area contributed by atoms with Gasteiger partial charge in [0, 0.05) is 18.7 Å². The first-order valence-corrected chi connectivity index (χ1v) is 7.51. The van der Waals surface area contributed by atoms with E-state index >= 15 is 0 Å². The van der Waals surface area contributed by atoms with Gasteiger partial charge in [-0.2, -0.15) is 13.2 Å². The summed E-state index contributed by atoms with van der Waals surface area (Å²) < 4.78 is 54.3. The Morgan fingerprint density at radius 2 is 1.96 bits per heavy atom. The predicted octanol–water partition coefficient (Wildman–Crippen LogP) is 3.60. The van der Waals surface area contributed by atoms with Gasteiger partial charge in [0.1, 0.15) is 11.6 Å². The lowest BCUT2D eigenvalue weighted by atomic mass is 10.1. The molecule has 0 spiro atoms. The minimum atomic E-state index is -4.80. The Morgan fingerprint density at radius 1 is 1.16 bits per heavy atom. The lowest BCUT2D eigenvalue weighted by Gasteiger charge is -2.11. The molecule has 0 saturated heterocycles. The fraction of sp³-hybridized carbons (Fsp3) is 0.176. The van der Waals surface area contributed by atoms with Crippen LogP contribution in [0.25, 0.3) is 22.4 Å². The summed E-state index contributed by atoms with van der Waals surface area (Å²) in [5.41, 5.74) is 0.276. The van der Waals surface area contributed by atoms with Gasteiger partial charge in [-0.25, -0.2) is 9.37 Å². The molecule has 0 radical (unpaired) electrons. The van der Waals surface area contributed by atoms with E-state index in [0.717, 1.165) is 12.1 Å². The van der Waals surface area contributed by atoms with Crippen molar-refractivity contribution in [2.75, 3.05) is 6.54 Å². The number of imidazole rings is 1. The van der Waals surface area contributed by atoms with Crippen LogP contribution in [0.5, 0.6) is 0 Å². The highest BCUT2D eigenvalue weighted by Gasteiger charge is 2.34. The highest BCUT2D eigenvalue weighted by atomic mass is 19.4. The summed E-state index contributed by atoms with van der Waals surface area (Å²) in [5, 5.41) is 2.73. The van der Waals surface area contributed by atoms with E-state index in [-0.39, 0.29) is 17.3 Å². The normalized spacial score (nSPS) is 14.5. The van der Waals surface area contributed by atoms with Crippen molar-refractivity contribution >= 4 is 16.9 Å². The van der Waals surface area contributed by atoms with E-state index in [4.69, 9.17) is 0 Å². The predicted molar refractivity (Wildman–Crippen MR) is 82.5 cm³/mol. The standard InChI is InChI=1S/C17H11F4N3O/c18-12-5-4-9(8-11(12)17(19,20)21)15-23-13-3-1-2-10-14(13)24(15)7-6-22-16(10)25/h1-5,8H,6-7H2,(H,22,25). The molecule has 2 heterocycles. The Bertz CT molecular complexity index is 1010. The molecule has 0 unspecified atom stereocenters. The van der Waals surface area contributed by atoms with E-state index in [2.05, 4.69) is 10.3 Å². The molecule has 0 fully saturated rings. The summed E-state index contributed by atoms with van der Waals surface area (Å²) in [6, 6.07) is 7.78. The average molecular weight is 349 g/mol. The van der Waals surface area contributed by atoms with Gasteiger partial charge in [-0.1, -0.05) is 6.07 Å². The topological polar surface area (TPSA) is 46.9 Å². The van der Waals surface area contributed by atoms with Crippen LogP contribution in [0.4, 0.5) is 17.6 Å². The Kier molecular flexibility index (Phi) is 3.31. The van der Waals surface area contributed by atoms with Crippen LogP contribution in [0, 0.1) is 5.82 Å². The monoisotopic (exact) mass is 349 g/mol. The Labute approximate surface area is 139 Å². The first-order chi connectivity index (χ1) is 11.9.